The predicted molar refractivity (Wildman–Crippen MR) is 128 cm³/mol. The zero-order chi connectivity index (χ0) is 23.3. The molecule has 1 heterocycles. The summed E-state index contributed by atoms with van der Waals surface area (Å²) in [7, 11) is -3.77. The number of sulfonamides is 1. The Hall–Kier alpha value is -4.11. The number of anilines is 1. The van der Waals surface area contributed by atoms with Crippen LogP contribution >= 0.6 is 0 Å². The van der Waals surface area contributed by atoms with E-state index in [0.29, 0.717) is 23.6 Å². The number of nitrogens with zero attached hydrogens (tertiary/aromatic N) is 1. The van der Waals surface area contributed by atoms with Gasteiger partial charge in [-0.3, -0.25) is 9.52 Å². The second kappa shape index (κ2) is 9.58. The van der Waals surface area contributed by atoms with Crippen molar-refractivity contribution in [2.45, 2.75) is 11.8 Å². The highest BCUT2D eigenvalue weighted by Crippen LogP contribution is 2.20. The second-order valence-corrected chi connectivity index (χ2v) is 8.76. The Labute approximate surface area is 191 Å². The summed E-state index contributed by atoms with van der Waals surface area (Å²) in [6.45, 7) is 2.35. The first-order valence-corrected chi connectivity index (χ1v) is 11.7. The number of para-hydroxylation sites is 1. The van der Waals surface area contributed by atoms with Gasteiger partial charge in [-0.05, 0) is 61.5 Å². The molecule has 0 bridgehead atoms. The number of carbonyl (C=O) groups is 1. The molecule has 9 heteroatoms. The smallest absolute Gasteiger partial charge is 0.271 e. The van der Waals surface area contributed by atoms with Crippen molar-refractivity contribution < 1.29 is 17.9 Å². The van der Waals surface area contributed by atoms with Crippen LogP contribution in [0.5, 0.6) is 5.75 Å². The van der Waals surface area contributed by atoms with E-state index in [4.69, 9.17) is 4.74 Å². The van der Waals surface area contributed by atoms with Gasteiger partial charge in [0.25, 0.3) is 15.9 Å². The van der Waals surface area contributed by atoms with Crippen LogP contribution in [0.15, 0.2) is 89.0 Å². The largest absolute Gasteiger partial charge is 0.494 e. The van der Waals surface area contributed by atoms with Gasteiger partial charge in [-0.25, -0.2) is 13.8 Å². The Morgan fingerprint density at radius 2 is 1.76 bits per heavy atom. The molecule has 0 aliphatic heterocycles. The van der Waals surface area contributed by atoms with Crippen LogP contribution in [0.1, 0.15) is 22.8 Å². The number of benzene rings is 3. The summed E-state index contributed by atoms with van der Waals surface area (Å²) in [5.41, 5.74) is 4.99. The molecule has 0 atom stereocenters. The molecule has 0 spiro atoms. The Kier molecular flexibility index (Phi) is 6.41. The first-order chi connectivity index (χ1) is 16.0. The maximum atomic E-state index is 12.6. The van der Waals surface area contributed by atoms with Crippen molar-refractivity contribution in [1.82, 2.24) is 10.4 Å². The molecule has 8 nitrogen and oxygen atoms in total. The molecule has 0 unspecified atom stereocenters. The molecule has 3 aromatic carbocycles. The monoisotopic (exact) mass is 462 g/mol. The van der Waals surface area contributed by atoms with E-state index in [1.54, 1.807) is 18.3 Å². The Bertz CT molecular complexity index is 1390. The van der Waals surface area contributed by atoms with Crippen molar-refractivity contribution in [2.24, 2.45) is 5.10 Å². The fourth-order valence-corrected chi connectivity index (χ4v) is 4.27. The standard InChI is InChI=1S/C24H22N4O4S/c1-2-32-20-11-13-21(14-12-20)33(30,31)28-19-9-7-17(8-10-19)24(29)27-26-16-18-15-25-23-6-4-3-5-22(18)23/h3-16,25,28H,2H2,1H3,(H,27,29). The number of hydrogen-bond acceptors (Lipinski definition) is 5. The number of aromatic amines is 1. The highest BCUT2D eigenvalue weighted by Gasteiger charge is 2.15. The van der Waals surface area contributed by atoms with Crippen LogP contribution in [0.25, 0.3) is 10.9 Å². The first-order valence-electron chi connectivity index (χ1n) is 10.2. The van der Waals surface area contributed by atoms with Gasteiger partial charge in [0.05, 0.1) is 17.7 Å². The van der Waals surface area contributed by atoms with E-state index >= 15 is 0 Å². The van der Waals surface area contributed by atoms with Crippen LogP contribution in [-0.2, 0) is 10.0 Å². The van der Waals surface area contributed by atoms with Crippen LogP contribution in [0.3, 0.4) is 0 Å². The van der Waals surface area contributed by atoms with E-state index in [9.17, 15) is 13.2 Å². The lowest BCUT2D eigenvalue weighted by Crippen LogP contribution is -2.18. The third-order valence-electron chi connectivity index (χ3n) is 4.84. The normalized spacial score (nSPS) is 11.5. The zero-order valence-electron chi connectivity index (χ0n) is 17.8. The molecule has 4 rings (SSSR count). The molecule has 0 radical (unpaired) electrons. The number of aromatic nitrogens is 1. The van der Waals surface area contributed by atoms with Gasteiger partial charge in [-0.1, -0.05) is 18.2 Å². The summed E-state index contributed by atoms with van der Waals surface area (Å²) in [5, 5.41) is 5.02. The van der Waals surface area contributed by atoms with Gasteiger partial charge >= 0.3 is 0 Å². The number of ether oxygens (including phenoxy) is 1. The minimum Gasteiger partial charge on any atom is -0.494 e. The Morgan fingerprint density at radius 3 is 2.48 bits per heavy atom. The van der Waals surface area contributed by atoms with Crippen LogP contribution in [-0.4, -0.2) is 32.1 Å². The fourth-order valence-electron chi connectivity index (χ4n) is 3.21. The zero-order valence-corrected chi connectivity index (χ0v) is 18.6. The average Bonchev–Trinajstić information content (AvgIpc) is 3.23. The molecule has 4 aromatic rings. The first kappa shape index (κ1) is 22.1. The van der Waals surface area contributed by atoms with Gasteiger partial charge < -0.3 is 9.72 Å². The summed E-state index contributed by atoms with van der Waals surface area (Å²) in [4.78, 5) is 15.6. The second-order valence-electron chi connectivity index (χ2n) is 7.08. The topological polar surface area (TPSA) is 113 Å². The molecule has 0 fully saturated rings. The molecule has 0 saturated carbocycles. The number of H-pyrrole nitrogens is 1. The summed E-state index contributed by atoms with van der Waals surface area (Å²) in [6.07, 6.45) is 3.38. The SMILES string of the molecule is CCOc1ccc(S(=O)(=O)Nc2ccc(C(=O)NN=Cc3c[nH]c4ccccc34)cc2)cc1. The molecule has 33 heavy (non-hydrogen) atoms. The van der Waals surface area contributed by atoms with Gasteiger partial charge in [0, 0.05) is 33.9 Å². The average molecular weight is 463 g/mol. The van der Waals surface area contributed by atoms with Crippen LogP contribution in [0.2, 0.25) is 0 Å². The van der Waals surface area contributed by atoms with Gasteiger partial charge in [0.2, 0.25) is 0 Å². The Morgan fingerprint density at radius 1 is 1.03 bits per heavy atom. The van der Waals surface area contributed by atoms with Crippen molar-refractivity contribution in [3.63, 3.8) is 0 Å². The summed E-state index contributed by atoms with van der Waals surface area (Å²) in [5.74, 6) is 0.186. The molecular weight excluding hydrogens is 440 g/mol. The highest BCUT2D eigenvalue weighted by molar-refractivity contribution is 7.92. The van der Waals surface area contributed by atoms with Crippen molar-refractivity contribution >= 4 is 38.7 Å². The summed E-state index contributed by atoms with van der Waals surface area (Å²) in [6, 6.07) is 20.0. The number of hydrogen-bond donors (Lipinski definition) is 3. The van der Waals surface area contributed by atoms with E-state index in [1.165, 1.54) is 36.4 Å². The van der Waals surface area contributed by atoms with Crippen molar-refractivity contribution in [2.75, 3.05) is 11.3 Å². The third kappa shape index (κ3) is 5.21. The fraction of sp³-hybridized carbons (Fsp3) is 0.0833. The molecule has 0 saturated heterocycles. The van der Waals surface area contributed by atoms with Crippen LogP contribution < -0.4 is 14.9 Å². The molecule has 168 valence electrons. The number of hydrazone groups is 1. The lowest BCUT2D eigenvalue weighted by atomic mass is 10.2. The lowest BCUT2D eigenvalue weighted by Gasteiger charge is -2.09. The van der Waals surface area contributed by atoms with Crippen molar-refractivity contribution in [3.8, 4) is 5.75 Å². The molecule has 1 amide bonds. The van der Waals surface area contributed by atoms with Crippen LogP contribution in [0, 0.1) is 0 Å². The van der Waals surface area contributed by atoms with E-state index < -0.39 is 15.9 Å². The quantitative estimate of drug-likeness (QED) is 0.270. The summed E-state index contributed by atoms with van der Waals surface area (Å²) < 4.78 is 33.0. The van der Waals surface area contributed by atoms with E-state index in [-0.39, 0.29) is 4.90 Å². The molecule has 0 aliphatic carbocycles. The number of amides is 1. The number of fused-ring (bicyclic) bond motifs is 1. The molecule has 3 N–H and O–H groups in total. The third-order valence-corrected chi connectivity index (χ3v) is 6.23. The highest BCUT2D eigenvalue weighted by atomic mass is 32.2. The van der Waals surface area contributed by atoms with Crippen molar-refractivity contribution in [1.29, 1.82) is 0 Å². The molecule has 1 aromatic heterocycles. The predicted octanol–water partition coefficient (Wildman–Crippen LogP) is 4.13. The van der Waals surface area contributed by atoms with E-state index in [1.807, 2.05) is 37.4 Å². The Balaban J connectivity index is 1.38. The maximum absolute atomic E-state index is 12.6. The van der Waals surface area contributed by atoms with E-state index in [2.05, 4.69) is 20.2 Å². The van der Waals surface area contributed by atoms with Gasteiger partial charge in [-0.15, -0.1) is 0 Å². The van der Waals surface area contributed by atoms with Gasteiger partial charge in [-0.2, -0.15) is 5.10 Å². The number of carbonyl (C=O) groups excluding carboxylic acids is 1. The van der Waals surface area contributed by atoms with Crippen LogP contribution in [0.4, 0.5) is 5.69 Å². The van der Waals surface area contributed by atoms with Crippen molar-refractivity contribution in [3.05, 3.63) is 90.1 Å². The van der Waals surface area contributed by atoms with Gasteiger partial charge in [0.15, 0.2) is 0 Å². The minimum absolute atomic E-state index is 0.111. The van der Waals surface area contributed by atoms with E-state index in [0.717, 1.165) is 16.5 Å². The lowest BCUT2D eigenvalue weighted by molar-refractivity contribution is 0.0955. The maximum Gasteiger partial charge on any atom is 0.271 e. The number of nitrogens with one attached hydrogen (secondary N) is 3. The number of rotatable bonds is 8. The summed E-state index contributed by atoms with van der Waals surface area (Å²) >= 11 is 0. The van der Waals surface area contributed by atoms with Gasteiger partial charge in [0.1, 0.15) is 5.75 Å². The molecular formula is C24H22N4O4S. The minimum atomic E-state index is -3.77. The molecule has 0 aliphatic rings.